The fourth-order valence-corrected chi connectivity index (χ4v) is 0.303. The predicted octanol–water partition coefficient (Wildman–Crippen LogP) is -0.222. The van der Waals surface area contributed by atoms with Crippen LogP contribution in [0.3, 0.4) is 0 Å². The van der Waals surface area contributed by atoms with Gasteiger partial charge in [-0.2, -0.15) is 0 Å². The van der Waals surface area contributed by atoms with Crippen LogP contribution in [0.2, 0.25) is 0 Å². The predicted molar refractivity (Wildman–Crippen MR) is 22.7 cm³/mol. The second-order valence-electron chi connectivity index (χ2n) is 1.07. The normalized spacial score (nSPS) is 15.5. The van der Waals surface area contributed by atoms with Gasteiger partial charge < -0.3 is 4.74 Å². The SMILES string of the molecule is F.O=C1C=CC(=O)O1. The third kappa shape index (κ3) is 1.14. The summed E-state index contributed by atoms with van der Waals surface area (Å²) >= 11 is 0. The van der Waals surface area contributed by atoms with Gasteiger partial charge in [-0.05, 0) is 0 Å². The first-order valence-corrected chi connectivity index (χ1v) is 1.73. The molecule has 8 heavy (non-hydrogen) atoms. The van der Waals surface area contributed by atoms with Crippen LogP contribution >= 0.6 is 0 Å². The third-order valence-corrected chi connectivity index (χ3v) is 0.557. The monoisotopic (exact) mass is 118 g/mol. The number of hydrogen-bond acceptors (Lipinski definition) is 3. The van der Waals surface area contributed by atoms with Gasteiger partial charge in [0.1, 0.15) is 0 Å². The van der Waals surface area contributed by atoms with E-state index < -0.39 is 11.9 Å². The van der Waals surface area contributed by atoms with Gasteiger partial charge in [0, 0.05) is 12.2 Å². The quantitative estimate of drug-likeness (QED) is 0.326. The zero-order chi connectivity index (χ0) is 5.28. The molecule has 0 aromatic carbocycles. The summed E-state index contributed by atoms with van der Waals surface area (Å²) in [6.45, 7) is 0. The minimum absolute atomic E-state index is 0. The van der Waals surface area contributed by atoms with Crippen LogP contribution in [-0.2, 0) is 14.3 Å². The van der Waals surface area contributed by atoms with Crippen LogP contribution in [0, 0.1) is 0 Å². The van der Waals surface area contributed by atoms with Crippen molar-refractivity contribution in [1.82, 2.24) is 0 Å². The molecule has 0 fully saturated rings. The second-order valence-corrected chi connectivity index (χ2v) is 1.07. The standard InChI is InChI=1S/C4H2O3.FH/c5-3-1-2-4(6)7-3;/h1-2H;1H. The molecule has 0 bridgehead atoms. The van der Waals surface area contributed by atoms with Gasteiger partial charge in [-0.25, -0.2) is 9.59 Å². The van der Waals surface area contributed by atoms with Gasteiger partial charge >= 0.3 is 11.9 Å². The Balaban J connectivity index is 0.000000490. The van der Waals surface area contributed by atoms with Crippen molar-refractivity contribution in [3.05, 3.63) is 12.2 Å². The minimum Gasteiger partial charge on any atom is -0.387 e. The van der Waals surface area contributed by atoms with Gasteiger partial charge in [0.2, 0.25) is 0 Å². The van der Waals surface area contributed by atoms with Crippen molar-refractivity contribution in [3.63, 3.8) is 0 Å². The molecule has 0 aliphatic carbocycles. The van der Waals surface area contributed by atoms with E-state index >= 15 is 0 Å². The molecule has 0 radical (unpaired) electrons. The van der Waals surface area contributed by atoms with Gasteiger partial charge in [-0.15, -0.1) is 0 Å². The molecule has 1 aliphatic rings. The van der Waals surface area contributed by atoms with Gasteiger partial charge in [0.15, 0.2) is 0 Å². The maximum absolute atomic E-state index is 9.92. The second kappa shape index (κ2) is 2.20. The lowest BCUT2D eigenvalue weighted by Crippen LogP contribution is -1.96. The Morgan fingerprint density at radius 2 is 1.50 bits per heavy atom. The van der Waals surface area contributed by atoms with Crippen LogP contribution in [0.1, 0.15) is 0 Å². The summed E-state index contributed by atoms with van der Waals surface area (Å²) < 4.78 is 3.97. The van der Waals surface area contributed by atoms with Crippen LogP contribution in [0.5, 0.6) is 0 Å². The Labute approximate surface area is 44.3 Å². The summed E-state index contributed by atoms with van der Waals surface area (Å²) in [5, 5.41) is 0. The first-order valence-electron chi connectivity index (χ1n) is 1.73. The highest BCUT2D eigenvalue weighted by atomic mass is 19.0. The van der Waals surface area contributed by atoms with E-state index in [2.05, 4.69) is 4.74 Å². The molecule has 0 saturated carbocycles. The molecule has 0 aromatic rings. The molecule has 0 spiro atoms. The molecule has 0 aromatic heterocycles. The fraction of sp³-hybridized carbons (Fsp3) is 0. The smallest absolute Gasteiger partial charge is 0.338 e. The molecule has 0 saturated heterocycles. The molecule has 44 valence electrons. The van der Waals surface area contributed by atoms with Crippen LogP contribution < -0.4 is 0 Å². The number of halogens is 1. The van der Waals surface area contributed by atoms with Crippen molar-refractivity contribution in [3.8, 4) is 0 Å². The molecule has 1 rings (SSSR count). The first-order chi connectivity index (χ1) is 3.29. The van der Waals surface area contributed by atoms with E-state index in [9.17, 15) is 9.59 Å². The van der Waals surface area contributed by atoms with Crippen molar-refractivity contribution in [1.29, 1.82) is 0 Å². The summed E-state index contributed by atoms with van der Waals surface area (Å²) in [5.74, 6) is -1.16. The van der Waals surface area contributed by atoms with E-state index in [1.807, 2.05) is 0 Å². The maximum atomic E-state index is 9.92. The number of ether oxygens (including phenoxy) is 1. The van der Waals surface area contributed by atoms with Gasteiger partial charge in [-0.1, -0.05) is 0 Å². The van der Waals surface area contributed by atoms with Gasteiger partial charge in [0.05, 0.1) is 0 Å². The highest BCUT2D eigenvalue weighted by Gasteiger charge is 2.10. The van der Waals surface area contributed by atoms with Crippen molar-refractivity contribution >= 4 is 11.9 Å². The van der Waals surface area contributed by atoms with E-state index in [-0.39, 0.29) is 4.70 Å². The molecule has 0 N–H and O–H groups in total. The average molecular weight is 118 g/mol. The number of rotatable bonds is 0. The minimum atomic E-state index is -0.579. The summed E-state index contributed by atoms with van der Waals surface area (Å²) in [7, 11) is 0. The Kier molecular flexibility index (Phi) is 1.88. The Morgan fingerprint density at radius 1 is 1.12 bits per heavy atom. The lowest BCUT2D eigenvalue weighted by atomic mass is 10.6. The van der Waals surface area contributed by atoms with Crippen molar-refractivity contribution in [2.75, 3.05) is 0 Å². The van der Waals surface area contributed by atoms with Gasteiger partial charge in [-0.3, -0.25) is 4.70 Å². The van der Waals surface area contributed by atoms with Crippen LogP contribution in [0.15, 0.2) is 12.2 Å². The molecule has 1 heterocycles. The topological polar surface area (TPSA) is 43.4 Å². The highest BCUT2D eigenvalue weighted by Crippen LogP contribution is 1.92. The molecule has 0 atom stereocenters. The molecular formula is C4H3FO3. The summed E-state index contributed by atoms with van der Waals surface area (Å²) in [5.41, 5.74) is 0. The largest absolute Gasteiger partial charge is 0.387 e. The lowest BCUT2D eigenvalue weighted by Gasteiger charge is -1.80. The van der Waals surface area contributed by atoms with E-state index in [0.717, 1.165) is 12.2 Å². The fourth-order valence-electron chi connectivity index (χ4n) is 0.303. The zero-order valence-corrected chi connectivity index (χ0v) is 3.79. The summed E-state index contributed by atoms with van der Waals surface area (Å²) in [6, 6.07) is 0. The Hall–Kier alpha value is -1.19. The first kappa shape index (κ1) is 6.81. The average Bonchev–Trinajstić information content (AvgIpc) is 1.87. The highest BCUT2D eigenvalue weighted by molar-refractivity contribution is 6.04. The molecule has 3 nitrogen and oxygen atoms in total. The summed E-state index contributed by atoms with van der Waals surface area (Å²) in [4.78, 5) is 19.8. The van der Waals surface area contributed by atoms with Crippen molar-refractivity contribution < 1.29 is 19.0 Å². The molecule has 4 heteroatoms. The van der Waals surface area contributed by atoms with E-state index in [1.54, 1.807) is 0 Å². The number of hydrogen-bond donors (Lipinski definition) is 0. The van der Waals surface area contributed by atoms with Crippen LogP contribution in [0.4, 0.5) is 4.70 Å². The van der Waals surface area contributed by atoms with E-state index in [1.165, 1.54) is 0 Å². The zero-order valence-electron chi connectivity index (χ0n) is 3.79. The number of carbonyl (C=O) groups is 2. The molecule has 0 unspecified atom stereocenters. The third-order valence-electron chi connectivity index (χ3n) is 0.557. The Morgan fingerprint density at radius 3 is 1.62 bits per heavy atom. The van der Waals surface area contributed by atoms with Gasteiger partial charge in [0.25, 0.3) is 0 Å². The number of carbonyl (C=O) groups excluding carboxylic acids is 2. The maximum Gasteiger partial charge on any atom is 0.338 e. The van der Waals surface area contributed by atoms with E-state index in [4.69, 9.17) is 0 Å². The van der Waals surface area contributed by atoms with Crippen molar-refractivity contribution in [2.45, 2.75) is 0 Å². The Bertz CT molecular complexity index is 133. The number of esters is 2. The molecular weight excluding hydrogens is 115 g/mol. The lowest BCUT2D eigenvalue weighted by molar-refractivity contribution is -0.150. The molecule has 0 amide bonds. The van der Waals surface area contributed by atoms with Crippen LogP contribution in [0.25, 0.3) is 0 Å². The van der Waals surface area contributed by atoms with E-state index in [0.29, 0.717) is 0 Å². The molecule has 1 aliphatic heterocycles. The summed E-state index contributed by atoms with van der Waals surface area (Å²) in [6.07, 6.45) is 2.17. The van der Waals surface area contributed by atoms with Crippen LogP contribution in [-0.4, -0.2) is 11.9 Å². The van der Waals surface area contributed by atoms with Crippen molar-refractivity contribution in [2.24, 2.45) is 0 Å². The number of cyclic esters (lactones) is 2.